The molecular weight excluding hydrogens is 152 g/mol. The summed E-state index contributed by atoms with van der Waals surface area (Å²) in [5, 5.41) is 0. The highest BCUT2D eigenvalue weighted by Crippen LogP contribution is 2.11. The molecule has 0 aromatic heterocycles. The number of methoxy groups -OCH3 is 1. The standard InChI is InChI=1S/C9H20N2O/c1-8(7-12-2)11-5-3-4-9(10)6-11/h8-9H,3-7,10H2,1-2H3. The molecule has 1 fully saturated rings. The predicted molar refractivity (Wildman–Crippen MR) is 50.1 cm³/mol. The Hall–Kier alpha value is -0.120. The van der Waals surface area contributed by atoms with E-state index in [9.17, 15) is 0 Å². The second kappa shape index (κ2) is 4.80. The molecule has 72 valence electrons. The van der Waals surface area contributed by atoms with Crippen molar-refractivity contribution in [3.8, 4) is 0 Å². The summed E-state index contributed by atoms with van der Waals surface area (Å²) in [6.45, 7) is 5.22. The summed E-state index contributed by atoms with van der Waals surface area (Å²) in [6.07, 6.45) is 2.41. The first-order chi connectivity index (χ1) is 5.74. The van der Waals surface area contributed by atoms with Crippen LogP contribution in [0.25, 0.3) is 0 Å². The Kier molecular flexibility index (Phi) is 3.98. The van der Waals surface area contributed by atoms with Crippen molar-refractivity contribution < 1.29 is 4.74 Å². The number of piperidine rings is 1. The average Bonchev–Trinajstić information content (AvgIpc) is 2.05. The summed E-state index contributed by atoms with van der Waals surface area (Å²) in [6, 6.07) is 0.888. The van der Waals surface area contributed by atoms with Gasteiger partial charge in [0.2, 0.25) is 0 Å². The van der Waals surface area contributed by atoms with Gasteiger partial charge in [0.25, 0.3) is 0 Å². The first-order valence-electron chi connectivity index (χ1n) is 4.72. The summed E-state index contributed by atoms with van der Waals surface area (Å²) in [4.78, 5) is 2.41. The first-order valence-corrected chi connectivity index (χ1v) is 4.72. The predicted octanol–water partition coefficient (Wildman–Crippen LogP) is 0.444. The molecule has 2 N–H and O–H groups in total. The summed E-state index contributed by atoms with van der Waals surface area (Å²) in [7, 11) is 1.75. The summed E-state index contributed by atoms with van der Waals surface area (Å²) in [5.41, 5.74) is 5.88. The Morgan fingerprint density at radius 1 is 1.67 bits per heavy atom. The highest BCUT2D eigenvalue weighted by molar-refractivity contribution is 4.78. The van der Waals surface area contributed by atoms with Gasteiger partial charge in [0.05, 0.1) is 6.61 Å². The Morgan fingerprint density at radius 3 is 3.00 bits per heavy atom. The van der Waals surface area contributed by atoms with Crippen LogP contribution in [0.2, 0.25) is 0 Å². The highest BCUT2D eigenvalue weighted by Gasteiger charge is 2.20. The average molecular weight is 172 g/mol. The third-order valence-corrected chi connectivity index (χ3v) is 2.52. The first kappa shape index (κ1) is 9.96. The van der Waals surface area contributed by atoms with Crippen molar-refractivity contribution >= 4 is 0 Å². The molecule has 0 aromatic rings. The van der Waals surface area contributed by atoms with Crippen LogP contribution >= 0.6 is 0 Å². The van der Waals surface area contributed by atoms with E-state index in [4.69, 9.17) is 10.5 Å². The van der Waals surface area contributed by atoms with Crippen LogP contribution in [0, 0.1) is 0 Å². The van der Waals surface area contributed by atoms with Gasteiger partial charge in [-0.1, -0.05) is 0 Å². The summed E-state index contributed by atoms with van der Waals surface area (Å²) in [5.74, 6) is 0. The minimum atomic E-state index is 0.373. The topological polar surface area (TPSA) is 38.5 Å². The van der Waals surface area contributed by atoms with Crippen LogP contribution in [0.3, 0.4) is 0 Å². The van der Waals surface area contributed by atoms with Crippen molar-refractivity contribution in [3.05, 3.63) is 0 Å². The van der Waals surface area contributed by atoms with Crippen LogP contribution in [-0.2, 0) is 4.74 Å². The van der Waals surface area contributed by atoms with E-state index in [2.05, 4.69) is 11.8 Å². The fourth-order valence-corrected chi connectivity index (χ4v) is 1.79. The number of nitrogens with two attached hydrogens (primary N) is 1. The molecule has 1 saturated heterocycles. The molecule has 0 aromatic carbocycles. The van der Waals surface area contributed by atoms with Gasteiger partial charge < -0.3 is 10.5 Å². The molecule has 12 heavy (non-hydrogen) atoms. The quantitative estimate of drug-likeness (QED) is 0.671. The largest absolute Gasteiger partial charge is 0.383 e. The summed E-state index contributed by atoms with van der Waals surface area (Å²) >= 11 is 0. The zero-order valence-corrected chi connectivity index (χ0v) is 8.12. The number of hydrogen-bond acceptors (Lipinski definition) is 3. The molecule has 1 aliphatic rings. The monoisotopic (exact) mass is 172 g/mol. The Bertz CT molecular complexity index is 130. The van der Waals surface area contributed by atoms with Crippen LogP contribution in [0.4, 0.5) is 0 Å². The molecule has 1 aliphatic heterocycles. The van der Waals surface area contributed by atoms with E-state index in [1.165, 1.54) is 19.4 Å². The lowest BCUT2D eigenvalue weighted by atomic mass is 10.1. The van der Waals surface area contributed by atoms with E-state index in [0.29, 0.717) is 12.1 Å². The van der Waals surface area contributed by atoms with Crippen LogP contribution in [0.15, 0.2) is 0 Å². The molecule has 3 heteroatoms. The van der Waals surface area contributed by atoms with Crippen LogP contribution in [-0.4, -0.2) is 43.8 Å². The number of hydrogen-bond donors (Lipinski definition) is 1. The molecular formula is C9H20N2O. The molecule has 0 aliphatic carbocycles. The molecule has 1 heterocycles. The molecule has 1 rings (SSSR count). The van der Waals surface area contributed by atoms with E-state index in [0.717, 1.165) is 13.2 Å². The zero-order chi connectivity index (χ0) is 8.97. The second-order valence-electron chi connectivity index (χ2n) is 3.70. The molecule has 0 spiro atoms. The molecule has 0 radical (unpaired) electrons. The van der Waals surface area contributed by atoms with Gasteiger partial charge in [0.1, 0.15) is 0 Å². The molecule has 0 bridgehead atoms. The van der Waals surface area contributed by atoms with Crippen molar-refractivity contribution in [2.75, 3.05) is 26.8 Å². The molecule has 0 amide bonds. The lowest BCUT2D eigenvalue weighted by molar-refractivity contribution is 0.0807. The Balaban J connectivity index is 2.29. The van der Waals surface area contributed by atoms with Gasteiger partial charge in [-0.25, -0.2) is 0 Å². The lowest BCUT2D eigenvalue weighted by Crippen LogP contribution is -2.48. The maximum absolute atomic E-state index is 5.88. The molecule has 3 nitrogen and oxygen atoms in total. The molecule has 2 unspecified atom stereocenters. The normalized spacial score (nSPS) is 28.8. The second-order valence-corrected chi connectivity index (χ2v) is 3.70. The van der Waals surface area contributed by atoms with E-state index in [-0.39, 0.29) is 0 Å². The van der Waals surface area contributed by atoms with Gasteiger partial charge in [0.15, 0.2) is 0 Å². The number of likely N-dealkylation sites (tertiary alicyclic amines) is 1. The van der Waals surface area contributed by atoms with Gasteiger partial charge in [-0.2, -0.15) is 0 Å². The zero-order valence-electron chi connectivity index (χ0n) is 8.12. The van der Waals surface area contributed by atoms with E-state index in [1.807, 2.05) is 0 Å². The lowest BCUT2D eigenvalue weighted by Gasteiger charge is -2.34. The van der Waals surface area contributed by atoms with Gasteiger partial charge in [-0.15, -0.1) is 0 Å². The SMILES string of the molecule is COCC(C)N1CCCC(N)C1. The van der Waals surface area contributed by atoms with Crippen molar-refractivity contribution in [1.82, 2.24) is 4.90 Å². The van der Waals surface area contributed by atoms with Crippen molar-refractivity contribution in [2.45, 2.75) is 31.8 Å². The van der Waals surface area contributed by atoms with Crippen LogP contribution in [0.1, 0.15) is 19.8 Å². The van der Waals surface area contributed by atoms with Crippen molar-refractivity contribution in [2.24, 2.45) is 5.73 Å². The maximum Gasteiger partial charge on any atom is 0.0615 e. The van der Waals surface area contributed by atoms with E-state index in [1.54, 1.807) is 7.11 Å². The maximum atomic E-state index is 5.88. The van der Waals surface area contributed by atoms with Crippen LogP contribution in [0.5, 0.6) is 0 Å². The van der Waals surface area contributed by atoms with Gasteiger partial charge >= 0.3 is 0 Å². The number of rotatable bonds is 3. The fraction of sp³-hybridized carbons (Fsp3) is 1.00. The fourth-order valence-electron chi connectivity index (χ4n) is 1.79. The minimum Gasteiger partial charge on any atom is -0.383 e. The number of ether oxygens (including phenoxy) is 1. The van der Waals surface area contributed by atoms with Gasteiger partial charge in [0, 0.05) is 25.7 Å². The van der Waals surface area contributed by atoms with E-state index >= 15 is 0 Å². The minimum absolute atomic E-state index is 0.373. The van der Waals surface area contributed by atoms with Crippen molar-refractivity contribution in [3.63, 3.8) is 0 Å². The molecule has 0 saturated carbocycles. The third kappa shape index (κ3) is 2.73. The van der Waals surface area contributed by atoms with Crippen LogP contribution < -0.4 is 5.73 Å². The van der Waals surface area contributed by atoms with Gasteiger partial charge in [-0.05, 0) is 26.3 Å². The van der Waals surface area contributed by atoms with Crippen molar-refractivity contribution in [1.29, 1.82) is 0 Å². The Labute approximate surface area is 74.9 Å². The highest BCUT2D eigenvalue weighted by atomic mass is 16.5. The Morgan fingerprint density at radius 2 is 2.42 bits per heavy atom. The third-order valence-electron chi connectivity index (χ3n) is 2.52. The van der Waals surface area contributed by atoms with Gasteiger partial charge in [-0.3, -0.25) is 4.90 Å². The number of nitrogens with zero attached hydrogens (tertiary/aromatic N) is 1. The molecule has 2 atom stereocenters. The summed E-state index contributed by atoms with van der Waals surface area (Å²) < 4.78 is 5.11. The smallest absolute Gasteiger partial charge is 0.0615 e. The van der Waals surface area contributed by atoms with E-state index < -0.39 is 0 Å².